The third-order valence-corrected chi connectivity index (χ3v) is 4.99. The molecule has 3 rings (SSSR count). The Hall–Kier alpha value is -2.40. The molecule has 0 unspecified atom stereocenters. The van der Waals surface area contributed by atoms with E-state index in [9.17, 15) is 10.2 Å². The second-order valence-corrected chi connectivity index (χ2v) is 6.51. The summed E-state index contributed by atoms with van der Waals surface area (Å²) in [5.41, 5.74) is 2.12. The van der Waals surface area contributed by atoms with Crippen molar-refractivity contribution in [1.29, 1.82) is 0 Å². The first-order valence-corrected chi connectivity index (χ1v) is 8.38. The highest BCUT2D eigenvalue weighted by molar-refractivity contribution is 5.43. The molecule has 1 saturated heterocycles. The average molecular weight is 344 g/mol. The number of hydrogen-bond acceptors (Lipinski definition) is 5. The van der Waals surface area contributed by atoms with Crippen LogP contribution < -0.4 is 9.47 Å². The Bertz CT molecular complexity index is 743. The third kappa shape index (κ3) is 3.51. The fourth-order valence-electron chi connectivity index (χ4n) is 3.45. The second-order valence-electron chi connectivity index (χ2n) is 6.51. The molecule has 5 heteroatoms. The standard InChI is InChI=1S/C20H24O5/c1-12-15(8-13-4-6-16(21)18(9-13)23-2)11-25-20(12)14-5-7-17(22)19(10-14)24-3/h4-7,9-10,12,15,20-22H,8,11H2,1-3H3/t12-,15-,20-/m0/s1. The molecule has 0 amide bonds. The van der Waals surface area contributed by atoms with Crippen molar-refractivity contribution < 1.29 is 24.4 Å². The van der Waals surface area contributed by atoms with Crippen LogP contribution in [0.15, 0.2) is 36.4 Å². The molecule has 2 aromatic rings. The van der Waals surface area contributed by atoms with E-state index in [-0.39, 0.29) is 17.6 Å². The first-order chi connectivity index (χ1) is 12.0. The summed E-state index contributed by atoms with van der Waals surface area (Å²) in [4.78, 5) is 0. The normalized spacial score (nSPS) is 22.8. The number of rotatable bonds is 5. The lowest BCUT2D eigenvalue weighted by Gasteiger charge is -2.20. The van der Waals surface area contributed by atoms with E-state index in [0.29, 0.717) is 29.9 Å². The topological polar surface area (TPSA) is 68.2 Å². The molecule has 1 fully saturated rings. The summed E-state index contributed by atoms with van der Waals surface area (Å²) in [5, 5.41) is 19.5. The van der Waals surface area contributed by atoms with E-state index in [1.807, 2.05) is 24.3 Å². The second kappa shape index (κ2) is 7.23. The van der Waals surface area contributed by atoms with Crippen molar-refractivity contribution in [2.24, 2.45) is 11.8 Å². The molecule has 2 N–H and O–H groups in total. The molecule has 2 aromatic carbocycles. The summed E-state index contributed by atoms with van der Waals surface area (Å²) in [6.07, 6.45) is 0.822. The van der Waals surface area contributed by atoms with Crippen molar-refractivity contribution in [3.8, 4) is 23.0 Å². The quantitative estimate of drug-likeness (QED) is 0.866. The van der Waals surface area contributed by atoms with Crippen molar-refractivity contribution in [2.45, 2.75) is 19.4 Å². The molecule has 134 valence electrons. The zero-order valence-corrected chi connectivity index (χ0v) is 14.7. The predicted octanol–water partition coefficient (Wildman–Crippen LogP) is 3.68. The zero-order valence-electron chi connectivity index (χ0n) is 14.7. The van der Waals surface area contributed by atoms with Crippen LogP contribution >= 0.6 is 0 Å². The zero-order chi connectivity index (χ0) is 18.0. The number of benzene rings is 2. The molecule has 0 saturated carbocycles. The van der Waals surface area contributed by atoms with Crippen LogP contribution in [-0.4, -0.2) is 31.0 Å². The average Bonchev–Trinajstić information content (AvgIpc) is 2.97. The third-order valence-electron chi connectivity index (χ3n) is 4.99. The van der Waals surface area contributed by atoms with Gasteiger partial charge >= 0.3 is 0 Å². The molecule has 1 aliphatic rings. The Morgan fingerprint density at radius 2 is 1.64 bits per heavy atom. The summed E-state index contributed by atoms with van der Waals surface area (Å²) in [6.45, 7) is 2.84. The van der Waals surface area contributed by atoms with Gasteiger partial charge in [-0.3, -0.25) is 0 Å². The molecule has 0 aromatic heterocycles. The summed E-state index contributed by atoms with van der Waals surface area (Å²) in [6, 6.07) is 10.8. The van der Waals surface area contributed by atoms with Crippen LogP contribution in [-0.2, 0) is 11.2 Å². The highest BCUT2D eigenvalue weighted by Gasteiger charge is 2.35. The van der Waals surface area contributed by atoms with Crippen LogP contribution in [0.25, 0.3) is 0 Å². The van der Waals surface area contributed by atoms with Gasteiger partial charge in [0.1, 0.15) is 0 Å². The van der Waals surface area contributed by atoms with Gasteiger partial charge in [0.15, 0.2) is 23.0 Å². The Balaban J connectivity index is 1.74. The van der Waals surface area contributed by atoms with Gasteiger partial charge in [-0.25, -0.2) is 0 Å². The fraction of sp³-hybridized carbons (Fsp3) is 0.400. The summed E-state index contributed by atoms with van der Waals surface area (Å²) >= 11 is 0. The van der Waals surface area contributed by atoms with Gasteiger partial charge in [-0.1, -0.05) is 19.1 Å². The molecule has 0 spiro atoms. The van der Waals surface area contributed by atoms with E-state index in [0.717, 1.165) is 17.5 Å². The van der Waals surface area contributed by atoms with Crippen LogP contribution in [0, 0.1) is 11.8 Å². The van der Waals surface area contributed by atoms with E-state index < -0.39 is 0 Å². The number of aromatic hydroxyl groups is 2. The van der Waals surface area contributed by atoms with Gasteiger partial charge in [-0.05, 0) is 53.6 Å². The van der Waals surface area contributed by atoms with Crippen LogP contribution in [0.2, 0.25) is 0 Å². The largest absolute Gasteiger partial charge is 0.504 e. The molecule has 1 aliphatic heterocycles. The van der Waals surface area contributed by atoms with Crippen molar-refractivity contribution in [3.63, 3.8) is 0 Å². The lowest BCUT2D eigenvalue weighted by molar-refractivity contribution is 0.0932. The Kier molecular flexibility index (Phi) is 5.04. The Labute approximate surface area is 147 Å². The van der Waals surface area contributed by atoms with Gasteiger partial charge < -0.3 is 24.4 Å². The molecule has 0 bridgehead atoms. The van der Waals surface area contributed by atoms with Gasteiger partial charge in [0, 0.05) is 0 Å². The van der Waals surface area contributed by atoms with E-state index >= 15 is 0 Å². The molecule has 25 heavy (non-hydrogen) atoms. The first kappa shape index (κ1) is 17.4. The molecule has 0 aliphatic carbocycles. The smallest absolute Gasteiger partial charge is 0.160 e. The lowest BCUT2D eigenvalue weighted by Crippen LogP contribution is -2.14. The maximum atomic E-state index is 9.76. The fourth-order valence-corrected chi connectivity index (χ4v) is 3.45. The number of phenolic OH excluding ortho intramolecular Hbond substituents is 2. The molecule has 1 heterocycles. The van der Waals surface area contributed by atoms with Crippen molar-refractivity contribution in [1.82, 2.24) is 0 Å². The van der Waals surface area contributed by atoms with Gasteiger partial charge in [0.05, 0.1) is 26.9 Å². The number of phenols is 2. The van der Waals surface area contributed by atoms with E-state index in [2.05, 4.69) is 6.92 Å². The van der Waals surface area contributed by atoms with Crippen LogP contribution in [0.4, 0.5) is 0 Å². The van der Waals surface area contributed by atoms with E-state index in [1.54, 1.807) is 26.4 Å². The first-order valence-electron chi connectivity index (χ1n) is 8.38. The van der Waals surface area contributed by atoms with Crippen LogP contribution in [0.1, 0.15) is 24.2 Å². The summed E-state index contributed by atoms with van der Waals surface area (Å²) in [5.74, 6) is 1.90. The van der Waals surface area contributed by atoms with E-state index in [1.165, 1.54) is 0 Å². The summed E-state index contributed by atoms with van der Waals surface area (Å²) in [7, 11) is 3.09. The summed E-state index contributed by atoms with van der Waals surface area (Å²) < 4.78 is 16.4. The number of methoxy groups -OCH3 is 2. The van der Waals surface area contributed by atoms with Gasteiger partial charge in [0.25, 0.3) is 0 Å². The maximum absolute atomic E-state index is 9.76. The maximum Gasteiger partial charge on any atom is 0.160 e. The lowest BCUT2D eigenvalue weighted by atomic mass is 9.85. The van der Waals surface area contributed by atoms with Gasteiger partial charge in [-0.15, -0.1) is 0 Å². The molecule has 3 atom stereocenters. The molecule has 0 radical (unpaired) electrons. The van der Waals surface area contributed by atoms with Crippen molar-refractivity contribution in [3.05, 3.63) is 47.5 Å². The van der Waals surface area contributed by atoms with Crippen LogP contribution in [0.3, 0.4) is 0 Å². The highest BCUT2D eigenvalue weighted by atomic mass is 16.5. The Morgan fingerprint density at radius 3 is 2.32 bits per heavy atom. The van der Waals surface area contributed by atoms with Gasteiger partial charge in [0.2, 0.25) is 0 Å². The van der Waals surface area contributed by atoms with Crippen molar-refractivity contribution in [2.75, 3.05) is 20.8 Å². The number of hydrogen-bond donors (Lipinski definition) is 2. The molecule has 5 nitrogen and oxygen atoms in total. The van der Waals surface area contributed by atoms with Crippen molar-refractivity contribution >= 4 is 0 Å². The highest BCUT2D eigenvalue weighted by Crippen LogP contribution is 2.42. The predicted molar refractivity (Wildman–Crippen MR) is 94.4 cm³/mol. The minimum Gasteiger partial charge on any atom is -0.504 e. The minimum atomic E-state index is -0.0292. The number of ether oxygens (including phenoxy) is 3. The minimum absolute atomic E-state index is 0.0292. The SMILES string of the molecule is COc1cc(C[C@H]2CO[C@H](c3ccc(O)c(OC)c3)[C@H]2C)ccc1O. The van der Waals surface area contributed by atoms with E-state index in [4.69, 9.17) is 14.2 Å². The van der Waals surface area contributed by atoms with Gasteiger partial charge in [-0.2, -0.15) is 0 Å². The molecular weight excluding hydrogens is 320 g/mol. The molecular formula is C20H24O5. The van der Waals surface area contributed by atoms with Crippen LogP contribution in [0.5, 0.6) is 23.0 Å². The monoisotopic (exact) mass is 344 g/mol. The Morgan fingerprint density at radius 1 is 1.00 bits per heavy atom.